The Balaban J connectivity index is 0.000000153. The average Bonchev–Trinajstić information content (AvgIpc) is 3.38. The smallest absolute Gasteiger partial charge is 0.163 e. The Morgan fingerprint density at radius 1 is 0.319 bits per heavy atom. The second kappa shape index (κ2) is 23.7. The van der Waals surface area contributed by atoms with Gasteiger partial charge >= 0.3 is 0 Å². The molecule has 6 aromatic carbocycles. The molecule has 0 atom stereocenters. The molecule has 0 aromatic heterocycles. The molecule has 0 bridgehead atoms. The van der Waals surface area contributed by atoms with E-state index in [1.54, 1.807) is 78.9 Å². The fourth-order valence-electron chi connectivity index (χ4n) is 7.63. The maximum absolute atomic E-state index is 12.3. The maximum atomic E-state index is 12.3. The summed E-state index contributed by atoms with van der Waals surface area (Å²) >= 11 is 0. The van der Waals surface area contributed by atoms with Gasteiger partial charge in [-0.3, -0.25) is 28.8 Å². The van der Waals surface area contributed by atoms with E-state index in [1.165, 1.54) is 0 Å². The highest BCUT2D eigenvalue weighted by molar-refractivity contribution is 6.04. The molecule has 3 aliphatic rings. The zero-order chi connectivity index (χ0) is 48.7. The molecule has 0 saturated carbocycles. The van der Waals surface area contributed by atoms with Crippen molar-refractivity contribution in [2.75, 3.05) is 39.6 Å². The molecule has 0 radical (unpaired) electrons. The molecule has 0 amide bonds. The van der Waals surface area contributed by atoms with E-state index in [2.05, 4.69) is 0 Å². The minimum atomic E-state index is -0.0672. The number of hydrogen-bond acceptors (Lipinski definition) is 12. The normalized spacial score (nSPS) is 12.7. The van der Waals surface area contributed by atoms with Crippen LogP contribution in [-0.2, 0) is 0 Å². The van der Waals surface area contributed by atoms with Crippen LogP contribution in [0.1, 0.15) is 117 Å². The summed E-state index contributed by atoms with van der Waals surface area (Å²) in [4.78, 5) is 73.4. The number of carbonyl (C=O) groups excluding carboxylic acids is 6. The van der Waals surface area contributed by atoms with Gasteiger partial charge in [0.05, 0.1) is 0 Å². The summed E-state index contributed by atoms with van der Waals surface area (Å²) in [7, 11) is 0. The predicted octanol–water partition coefficient (Wildman–Crippen LogP) is 10.8. The van der Waals surface area contributed by atoms with Gasteiger partial charge in [0.15, 0.2) is 69.2 Å². The lowest BCUT2D eigenvalue weighted by atomic mass is 9.98. The average molecular weight is 931 g/mol. The summed E-state index contributed by atoms with van der Waals surface area (Å²) in [6.45, 7) is 8.82. The molecule has 0 unspecified atom stereocenters. The first kappa shape index (κ1) is 49.1. The molecule has 0 spiro atoms. The van der Waals surface area contributed by atoms with Crippen LogP contribution in [0.25, 0.3) is 0 Å². The van der Waals surface area contributed by atoms with Gasteiger partial charge in [-0.2, -0.15) is 0 Å². The molecule has 354 valence electrons. The van der Waals surface area contributed by atoms with E-state index in [1.807, 2.05) is 69.3 Å². The van der Waals surface area contributed by atoms with Crippen LogP contribution in [0, 0.1) is 20.8 Å². The molecule has 12 heteroatoms. The second-order valence-electron chi connectivity index (χ2n) is 16.7. The maximum Gasteiger partial charge on any atom is 0.163 e. The number of fused-ring (bicyclic) bond motifs is 3. The fraction of sp³-hybridized carbons (Fsp3) is 0.263. The Morgan fingerprint density at radius 2 is 0.667 bits per heavy atom. The molecule has 0 N–H and O–H groups in total. The van der Waals surface area contributed by atoms with E-state index in [0.717, 1.165) is 16.7 Å². The molecule has 0 saturated heterocycles. The van der Waals surface area contributed by atoms with Crippen LogP contribution in [0.4, 0.5) is 0 Å². The van der Waals surface area contributed by atoms with Gasteiger partial charge in [0.1, 0.15) is 39.6 Å². The first-order chi connectivity index (χ1) is 33.4. The van der Waals surface area contributed by atoms with E-state index in [9.17, 15) is 28.8 Å². The van der Waals surface area contributed by atoms with Gasteiger partial charge in [0.25, 0.3) is 0 Å². The third kappa shape index (κ3) is 13.6. The monoisotopic (exact) mass is 930 g/mol. The second-order valence-corrected chi connectivity index (χ2v) is 16.7. The van der Waals surface area contributed by atoms with Crippen molar-refractivity contribution in [2.45, 2.75) is 59.3 Å². The van der Waals surface area contributed by atoms with Crippen LogP contribution < -0.4 is 28.4 Å². The molecule has 3 aliphatic heterocycles. The number of hydrogen-bond donors (Lipinski definition) is 0. The molecule has 69 heavy (non-hydrogen) atoms. The minimum Gasteiger partial charge on any atom is -0.486 e. The highest BCUT2D eigenvalue weighted by Crippen LogP contribution is 2.33. The van der Waals surface area contributed by atoms with Crippen LogP contribution in [0.15, 0.2) is 127 Å². The van der Waals surface area contributed by atoms with Gasteiger partial charge in [-0.1, -0.05) is 77.9 Å². The van der Waals surface area contributed by atoms with E-state index in [4.69, 9.17) is 28.4 Å². The van der Waals surface area contributed by atoms with Crippen LogP contribution in [0.5, 0.6) is 34.5 Å². The fourth-order valence-corrected chi connectivity index (χ4v) is 7.63. The molecule has 0 fully saturated rings. The van der Waals surface area contributed by atoms with Crippen molar-refractivity contribution in [3.63, 3.8) is 0 Å². The van der Waals surface area contributed by atoms with Crippen molar-refractivity contribution >= 4 is 34.7 Å². The van der Waals surface area contributed by atoms with Gasteiger partial charge in [0.2, 0.25) is 0 Å². The number of benzene rings is 6. The van der Waals surface area contributed by atoms with E-state index < -0.39 is 0 Å². The molecule has 6 aromatic rings. The number of rotatable bonds is 15. The highest BCUT2D eigenvalue weighted by Gasteiger charge is 2.20. The van der Waals surface area contributed by atoms with Crippen molar-refractivity contribution < 1.29 is 57.2 Å². The standard InChI is InChI=1S/3C19H18O4/c1-13-2-4-14(5-3-13)16(20)7-8-17(21)15-6-9-18-19(12-15)23-11-10-22-18;1-13-3-2-4-14(11-13)16(20)6-7-17(21)15-5-8-18-19(12-15)23-10-9-22-18;1-13-4-2-3-5-15(13)17(21)8-7-16(20)14-6-9-18-19(12-14)23-11-10-22-18/h2-6,9,12H,7-8,10-11H2,1H3;2-5,8,11-12H,6-7,9-10H2,1H3;2-6,9,12H,7-8,10-11H2,1H3. The number of ketones is 6. The Kier molecular flexibility index (Phi) is 16.9. The van der Waals surface area contributed by atoms with Crippen LogP contribution >= 0.6 is 0 Å². The van der Waals surface area contributed by atoms with Crippen LogP contribution in [-0.4, -0.2) is 74.3 Å². The van der Waals surface area contributed by atoms with Crippen LogP contribution in [0.2, 0.25) is 0 Å². The van der Waals surface area contributed by atoms with Crippen LogP contribution in [0.3, 0.4) is 0 Å². The number of Topliss-reactive ketones (excluding diaryl/α,β-unsaturated/α-hetero) is 6. The third-order valence-electron chi connectivity index (χ3n) is 11.5. The molecule has 12 nitrogen and oxygen atoms in total. The van der Waals surface area contributed by atoms with Crippen molar-refractivity contribution in [3.8, 4) is 34.5 Å². The molecular formula is C57H54O12. The largest absolute Gasteiger partial charge is 0.486 e. The molecule has 3 heterocycles. The van der Waals surface area contributed by atoms with Crippen molar-refractivity contribution in [1.29, 1.82) is 0 Å². The first-order valence-corrected chi connectivity index (χ1v) is 23.0. The van der Waals surface area contributed by atoms with E-state index in [-0.39, 0.29) is 73.2 Å². The quantitative estimate of drug-likeness (QED) is 0.0899. The summed E-state index contributed by atoms with van der Waals surface area (Å²) < 4.78 is 32.7. The Bertz CT molecular complexity index is 2840. The van der Waals surface area contributed by atoms with Gasteiger partial charge in [-0.25, -0.2) is 0 Å². The topological polar surface area (TPSA) is 158 Å². The van der Waals surface area contributed by atoms with Gasteiger partial charge < -0.3 is 28.4 Å². The Hall–Kier alpha value is -7.86. The van der Waals surface area contributed by atoms with Crippen molar-refractivity contribution in [1.82, 2.24) is 0 Å². The van der Waals surface area contributed by atoms with E-state index >= 15 is 0 Å². The SMILES string of the molecule is Cc1ccc(C(=O)CCC(=O)c2ccc3c(c2)OCCO3)cc1.Cc1cccc(C(=O)CCC(=O)c2ccc3c(c2)OCCO3)c1.Cc1ccccc1C(=O)CCC(=O)c1ccc2c(c1)OCCO2. The Morgan fingerprint density at radius 3 is 1.07 bits per heavy atom. The van der Waals surface area contributed by atoms with Gasteiger partial charge in [0, 0.05) is 71.9 Å². The lowest BCUT2D eigenvalue weighted by Crippen LogP contribution is -2.16. The van der Waals surface area contributed by atoms with Crippen molar-refractivity contribution in [2.24, 2.45) is 0 Å². The molecule has 9 rings (SSSR count). The first-order valence-electron chi connectivity index (χ1n) is 23.0. The summed E-state index contributed by atoms with van der Waals surface area (Å²) in [5, 5.41) is 0. The summed E-state index contributed by atoms with van der Waals surface area (Å²) in [5.41, 5.74) is 6.70. The lowest BCUT2D eigenvalue weighted by molar-refractivity contribution is 0.0916. The zero-order valence-corrected chi connectivity index (χ0v) is 39.0. The third-order valence-corrected chi connectivity index (χ3v) is 11.5. The summed E-state index contributed by atoms with van der Waals surface area (Å²) in [6.07, 6.45) is 1.18. The van der Waals surface area contributed by atoms with Gasteiger partial charge in [-0.05, 0) is 87.0 Å². The number of carbonyl (C=O) groups is 6. The zero-order valence-electron chi connectivity index (χ0n) is 39.0. The minimum absolute atomic E-state index is 0.00556. The highest BCUT2D eigenvalue weighted by atomic mass is 16.6. The molecular weight excluding hydrogens is 877 g/mol. The number of ether oxygens (including phenoxy) is 6. The Labute approximate surface area is 401 Å². The van der Waals surface area contributed by atoms with Crippen molar-refractivity contribution in [3.05, 3.63) is 177 Å². The lowest BCUT2D eigenvalue weighted by Gasteiger charge is -2.18. The predicted molar refractivity (Wildman–Crippen MR) is 260 cm³/mol. The summed E-state index contributed by atoms with van der Waals surface area (Å²) in [5.74, 6) is 3.50. The number of aryl methyl sites for hydroxylation is 3. The molecule has 0 aliphatic carbocycles. The van der Waals surface area contributed by atoms with E-state index in [0.29, 0.717) is 108 Å². The van der Waals surface area contributed by atoms with Gasteiger partial charge in [-0.15, -0.1) is 0 Å². The summed E-state index contributed by atoms with van der Waals surface area (Å²) in [6, 6.07) is 37.7.